The molecule has 2 heterocycles. The molecule has 0 aromatic heterocycles. The second-order valence-electron chi connectivity index (χ2n) is 8.52. The van der Waals surface area contributed by atoms with E-state index in [1.54, 1.807) is 6.07 Å². The van der Waals surface area contributed by atoms with Gasteiger partial charge < -0.3 is 14.9 Å². The predicted molar refractivity (Wildman–Crippen MR) is 131 cm³/mol. The van der Waals surface area contributed by atoms with Crippen LogP contribution < -0.4 is 9.80 Å². The molecule has 5 heteroatoms. The summed E-state index contributed by atoms with van der Waals surface area (Å²) in [6, 6.07) is 25.0. The first kappa shape index (κ1) is 20.8. The molecule has 2 aliphatic heterocycles. The maximum Gasteiger partial charge on any atom is 0.346 e. The molecule has 5 rings (SSSR count). The van der Waals surface area contributed by atoms with Gasteiger partial charge in [-0.05, 0) is 90.9 Å². The van der Waals surface area contributed by atoms with Crippen LogP contribution in [-0.4, -0.2) is 24.2 Å². The number of hydrogen-bond acceptors (Lipinski definition) is 4. The lowest BCUT2D eigenvalue weighted by atomic mass is 9.96. The molecule has 1 N–H and O–H groups in total. The van der Waals surface area contributed by atoms with Crippen LogP contribution >= 0.6 is 0 Å². The van der Waals surface area contributed by atoms with Crippen LogP contribution in [0.1, 0.15) is 29.5 Å². The van der Waals surface area contributed by atoms with Gasteiger partial charge in [-0.15, -0.1) is 0 Å². The summed E-state index contributed by atoms with van der Waals surface area (Å²) in [5.74, 6) is -1.20. The van der Waals surface area contributed by atoms with E-state index in [2.05, 4.69) is 58.3 Å². The van der Waals surface area contributed by atoms with Crippen LogP contribution in [0.4, 0.5) is 22.7 Å². The number of anilines is 4. The van der Waals surface area contributed by atoms with Gasteiger partial charge in [0.05, 0.1) is 0 Å². The number of para-hydroxylation sites is 1. The number of nitrogens with zero attached hydrogens (tertiary/aromatic N) is 3. The number of carbonyl (C=O) groups is 1. The first-order valence-corrected chi connectivity index (χ1v) is 11.3. The lowest BCUT2D eigenvalue weighted by Gasteiger charge is -2.35. The lowest BCUT2D eigenvalue weighted by Crippen LogP contribution is -2.27. The number of aryl methyl sites for hydroxylation is 2. The molecule has 0 unspecified atom stereocenters. The van der Waals surface area contributed by atoms with Gasteiger partial charge in [0.15, 0.2) is 0 Å². The predicted octanol–water partition coefficient (Wildman–Crippen LogP) is 5.85. The van der Waals surface area contributed by atoms with Gasteiger partial charge >= 0.3 is 5.97 Å². The van der Waals surface area contributed by atoms with Gasteiger partial charge in [-0.1, -0.05) is 24.3 Å². The van der Waals surface area contributed by atoms with E-state index in [4.69, 9.17) is 10.4 Å². The van der Waals surface area contributed by atoms with Gasteiger partial charge in [0.25, 0.3) is 0 Å². The van der Waals surface area contributed by atoms with Crippen molar-refractivity contribution in [3.05, 3.63) is 89.0 Å². The van der Waals surface area contributed by atoms with E-state index in [1.807, 2.05) is 18.2 Å². The van der Waals surface area contributed by atoms with Crippen molar-refractivity contribution in [3.8, 4) is 6.07 Å². The van der Waals surface area contributed by atoms with Crippen LogP contribution in [0.15, 0.2) is 72.3 Å². The zero-order valence-electron chi connectivity index (χ0n) is 18.4. The smallest absolute Gasteiger partial charge is 0.346 e. The molecule has 164 valence electrons. The third-order valence-corrected chi connectivity index (χ3v) is 6.45. The molecule has 2 aliphatic rings. The largest absolute Gasteiger partial charge is 0.477 e. The summed E-state index contributed by atoms with van der Waals surface area (Å²) in [6.07, 6.45) is 5.61. The first-order chi connectivity index (χ1) is 16.1. The third-order valence-electron chi connectivity index (χ3n) is 6.45. The van der Waals surface area contributed by atoms with Crippen molar-refractivity contribution in [2.45, 2.75) is 25.7 Å². The molecule has 3 aromatic carbocycles. The fourth-order valence-corrected chi connectivity index (χ4v) is 4.91. The van der Waals surface area contributed by atoms with E-state index < -0.39 is 5.97 Å². The Balaban J connectivity index is 1.47. The summed E-state index contributed by atoms with van der Waals surface area (Å²) < 4.78 is 0. The molecular formula is C28H25N3O2. The molecular weight excluding hydrogens is 410 g/mol. The number of carboxylic acids is 1. The Labute approximate surface area is 193 Å². The molecule has 0 radical (unpaired) electrons. The topological polar surface area (TPSA) is 67.6 Å². The quantitative estimate of drug-likeness (QED) is 0.411. The number of fused-ring (bicyclic) bond motifs is 2. The Kier molecular flexibility index (Phi) is 5.58. The lowest BCUT2D eigenvalue weighted by molar-refractivity contribution is -0.132. The number of carboxylic acid groups (broad SMARTS) is 1. The Hall–Kier alpha value is -4.04. The van der Waals surface area contributed by atoms with Crippen molar-refractivity contribution in [2.75, 3.05) is 22.9 Å². The summed E-state index contributed by atoms with van der Waals surface area (Å²) in [4.78, 5) is 16.0. The van der Waals surface area contributed by atoms with Gasteiger partial charge in [0.2, 0.25) is 0 Å². The summed E-state index contributed by atoms with van der Waals surface area (Å²) in [5, 5.41) is 18.2. The molecule has 5 nitrogen and oxygen atoms in total. The normalized spacial score (nSPS) is 15.4. The monoisotopic (exact) mass is 435 g/mol. The molecule has 0 atom stereocenters. The van der Waals surface area contributed by atoms with Crippen LogP contribution in [-0.2, 0) is 17.6 Å². The molecule has 3 aromatic rings. The Morgan fingerprint density at radius 2 is 1.48 bits per heavy atom. The number of aliphatic carboxylic acids is 1. The van der Waals surface area contributed by atoms with Crippen LogP contribution in [0.3, 0.4) is 0 Å². The second-order valence-corrected chi connectivity index (χ2v) is 8.52. The molecule has 0 aliphatic carbocycles. The van der Waals surface area contributed by atoms with E-state index >= 15 is 0 Å². The fourth-order valence-electron chi connectivity index (χ4n) is 4.91. The Morgan fingerprint density at radius 3 is 2.15 bits per heavy atom. The standard InChI is InChI=1S/C28H25N3O2/c29-19-23(28(32)33)17-20-10-12-26-21(16-20)6-4-15-31(26)25-11-13-27-22(18-25)7-5-14-30(27)24-8-2-1-3-9-24/h1-3,8-13,16-18H,4-7,14-15H2,(H,32,33). The van der Waals surface area contributed by atoms with E-state index in [9.17, 15) is 4.79 Å². The Bertz CT molecular complexity index is 1270. The molecule has 0 spiro atoms. The zero-order chi connectivity index (χ0) is 22.8. The van der Waals surface area contributed by atoms with Crippen LogP contribution in [0.2, 0.25) is 0 Å². The average Bonchev–Trinajstić information content (AvgIpc) is 2.86. The molecule has 0 bridgehead atoms. The van der Waals surface area contributed by atoms with Crippen molar-refractivity contribution in [3.63, 3.8) is 0 Å². The summed E-state index contributed by atoms with van der Waals surface area (Å²) in [5.41, 5.74) is 7.91. The van der Waals surface area contributed by atoms with Gasteiger partial charge in [-0.25, -0.2) is 4.79 Å². The number of rotatable bonds is 4. The minimum atomic E-state index is -1.20. The van der Waals surface area contributed by atoms with Gasteiger partial charge in [-0.3, -0.25) is 0 Å². The van der Waals surface area contributed by atoms with Gasteiger partial charge in [0, 0.05) is 35.8 Å². The van der Waals surface area contributed by atoms with Crippen molar-refractivity contribution in [1.82, 2.24) is 0 Å². The van der Waals surface area contributed by atoms with Crippen molar-refractivity contribution >= 4 is 34.8 Å². The highest BCUT2D eigenvalue weighted by Crippen LogP contribution is 2.39. The third kappa shape index (κ3) is 4.08. The molecule has 0 saturated carbocycles. The van der Waals surface area contributed by atoms with Crippen LogP contribution in [0, 0.1) is 11.3 Å². The number of hydrogen-bond donors (Lipinski definition) is 1. The summed E-state index contributed by atoms with van der Waals surface area (Å²) in [7, 11) is 0. The highest BCUT2D eigenvalue weighted by atomic mass is 16.4. The second kappa shape index (κ2) is 8.84. The number of benzene rings is 3. The average molecular weight is 436 g/mol. The van der Waals surface area contributed by atoms with Gasteiger partial charge in [0.1, 0.15) is 11.6 Å². The summed E-state index contributed by atoms with van der Waals surface area (Å²) >= 11 is 0. The molecule has 0 fully saturated rings. The highest BCUT2D eigenvalue weighted by molar-refractivity contribution is 5.96. The SMILES string of the molecule is N#CC(=Cc1ccc2c(c1)CCCN2c1ccc2c(c1)CCCN2c1ccccc1)C(=O)O. The number of nitriles is 1. The van der Waals surface area contributed by atoms with Crippen molar-refractivity contribution in [2.24, 2.45) is 0 Å². The van der Waals surface area contributed by atoms with E-state index in [0.29, 0.717) is 0 Å². The molecule has 0 amide bonds. The van der Waals surface area contributed by atoms with Crippen molar-refractivity contribution in [1.29, 1.82) is 5.26 Å². The minimum absolute atomic E-state index is 0.250. The fraction of sp³-hybridized carbons (Fsp3) is 0.214. The van der Waals surface area contributed by atoms with Gasteiger partial charge in [-0.2, -0.15) is 5.26 Å². The molecule has 33 heavy (non-hydrogen) atoms. The minimum Gasteiger partial charge on any atom is -0.477 e. The Morgan fingerprint density at radius 1 is 0.848 bits per heavy atom. The molecule has 0 saturated heterocycles. The van der Waals surface area contributed by atoms with Crippen LogP contribution in [0.25, 0.3) is 6.08 Å². The summed E-state index contributed by atoms with van der Waals surface area (Å²) in [6.45, 7) is 1.97. The van der Waals surface area contributed by atoms with E-state index in [1.165, 1.54) is 34.3 Å². The zero-order valence-corrected chi connectivity index (χ0v) is 18.4. The van der Waals surface area contributed by atoms with E-state index in [-0.39, 0.29) is 5.57 Å². The maximum absolute atomic E-state index is 11.2. The first-order valence-electron chi connectivity index (χ1n) is 11.3. The maximum atomic E-state index is 11.2. The van der Waals surface area contributed by atoms with E-state index in [0.717, 1.165) is 50.0 Å². The highest BCUT2D eigenvalue weighted by Gasteiger charge is 2.23. The van der Waals surface area contributed by atoms with Crippen molar-refractivity contribution < 1.29 is 9.90 Å². The van der Waals surface area contributed by atoms with Crippen LogP contribution in [0.5, 0.6) is 0 Å².